The van der Waals surface area contributed by atoms with Crippen LogP contribution in [0.4, 0.5) is 10.1 Å². The zero-order valence-corrected chi connectivity index (χ0v) is 11.5. The first-order chi connectivity index (χ1) is 8.88. The highest BCUT2D eigenvalue weighted by molar-refractivity contribution is 7.92. The van der Waals surface area contributed by atoms with Crippen LogP contribution < -0.4 is 4.72 Å². The van der Waals surface area contributed by atoms with Crippen molar-refractivity contribution in [2.45, 2.75) is 18.7 Å². The molecule has 0 unspecified atom stereocenters. The Balaban J connectivity index is 2.33. The minimum Gasteiger partial charge on any atom is -0.280 e. The first-order valence-corrected chi connectivity index (χ1v) is 7.22. The molecule has 19 heavy (non-hydrogen) atoms. The lowest BCUT2D eigenvalue weighted by Gasteiger charge is -2.09. The molecule has 0 spiro atoms. The number of hydrogen-bond donors (Lipinski definition) is 1. The Kier molecular flexibility index (Phi) is 3.57. The highest BCUT2D eigenvalue weighted by Crippen LogP contribution is 2.19. The molecule has 3 nitrogen and oxygen atoms in total. The molecule has 2 aromatic carbocycles. The maximum atomic E-state index is 13.1. The second-order valence-electron chi connectivity index (χ2n) is 4.36. The van der Waals surface area contributed by atoms with Gasteiger partial charge in [0.25, 0.3) is 10.0 Å². The highest BCUT2D eigenvalue weighted by Gasteiger charge is 2.14. The summed E-state index contributed by atoms with van der Waals surface area (Å²) in [4.78, 5) is -0.0919. The Labute approximate surface area is 112 Å². The van der Waals surface area contributed by atoms with E-state index in [0.29, 0.717) is 5.69 Å². The molecular weight excluding hydrogens is 265 g/mol. The summed E-state index contributed by atoms with van der Waals surface area (Å²) in [6.07, 6.45) is 0. The molecule has 0 bridgehead atoms. The van der Waals surface area contributed by atoms with Crippen LogP contribution in [0.1, 0.15) is 11.1 Å². The zero-order chi connectivity index (χ0) is 14.0. The summed E-state index contributed by atoms with van der Waals surface area (Å²) in [5, 5.41) is 0. The van der Waals surface area contributed by atoms with E-state index in [-0.39, 0.29) is 4.90 Å². The van der Waals surface area contributed by atoms with Gasteiger partial charge in [0, 0.05) is 5.69 Å². The molecule has 0 aliphatic carbocycles. The lowest BCUT2D eigenvalue weighted by Crippen LogP contribution is -2.13. The number of rotatable bonds is 3. The van der Waals surface area contributed by atoms with Gasteiger partial charge in [-0.1, -0.05) is 12.1 Å². The standard InChI is InChI=1S/C14H14FNO2S/c1-10-6-7-13(8-11(10)2)16-19(17,18)14-5-3-4-12(15)9-14/h3-9,16H,1-2H3. The fourth-order valence-corrected chi connectivity index (χ4v) is 2.73. The fourth-order valence-electron chi connectivity index (χ4n) is 1.65. The van der Waals surface area contributed by atoms with Gasteiger partial charge >= 0.3 is 0 Å². The Bertz CT molecular complexity index is 711. The van der Waals surface area contributed by atoms with Gasteiger partial charge < -0.3 is 0 Å². The number of aryl methyl sites for hydroxylation is 2. The molecule has 0 amide bonds. The molecule has 0 radical (unpaired) electrons. The maximum absolute atomic E-state index is 13.1. The van der Waals surface area contributed by atoms with Gasteiger partial charge in [0.1, 0.15) is 5.82 Å². The minimum atomic E-state index is -3.76. The Morgan fingerprint density at radius 2 is 1.74 bits per heavy atom. The van der Waals surface area contributed by atoms with Gasteiger partial charge in [0.2, 0.25) is 0 Å². The predicted octanol–water partition coefficient (Wildman–Crippen LogP) is 3.24. The molecule has 5 heteroatoms. The van der Waals surface area contributed by atoms with E-state index in [2.05, 4.69) is 4.72 Å². The van der Waals surface area contributed by atoms with Gasteiger partial charge in [0.15, 0.2) is 0 Å². The van der Waals surface area contributed by atoms with Crippen molar-refractivity contribution in [1.82, 2.24) is 0 Å². The topological polar surface area (TPSA) is 46.2 Å². The monoisotopic (exact) mass is 279 g/mol. The van der Waals surface area contributed by atoms with E-state index >= 15 is 0 Å². The van der Waals surface area contributed by atoms with E-state index in [1.165, 1.54) is 18.2 Å². The average molecular weight is 279 g/mol. The highest BCUT2D eigenvalue weighted by atomic mass is 32.2. The van der Waals surface area contributed by atoms with E-state index in [0.717, 1.165) is 17.2 Å². The number of benzene rings is 2. The minimum absolute atomic E-state index is 0.0919. The van der Waals surface area contributed by atoms with E-state index in [1.54, 1.807) is 12.1 Å². The van der Waals surface area contributed by atoms with Crippen molar-refractivity contribution in [3.63, 3.8) is 0 Å². The van der Waals surface area contributed by atoms with Crippen LogP contribution in [-0.4, -0.2) is 8.42 Å². The molecule has 0 aromatic heterocycles. The molecule has 100 valence electrons. The van der Waals surface area contributed by atoms with Crippen molar-refractivity contribution in [2.75, 3.05) is 4.72 Å². The summed E-state index contributed by atoms with van der Waals surface area (Å²) < 4.78 is 39.6. The quantitative estimate of drug-likeness (QED) is 0.937. The third kappa shape index (κ3) is 3.12. The van der Waals surface area contributed by atoms with E-state index in [1.807, 2.05) is 19.9 Å². The number of halogens is 1. The number of nitrogens with one attached hydrogen (secondary N) is 1. The molecule has 0 atom stereocenters. The van der Waals surface area contributed by atoms with Crippen molar-refractivity contribution < 1.29 is 12.8 Å². The number of anilines is 1. The molecule has 0 aliphatic heterocycles. The molecule has 1 N–H and O–H groups in total. The van der Waals surface area contributed by atoms with Crippen molar-refractivity contribution in [3.05, 3.63) is 59.4 Å². The van der Waals surface area contributed by atoms with Crippen LogP contribution in [-0.2, 0) is 10.0 Å². The molecule has 2 rings (SSSR count). The lowest BCUT2D eigenvalue weighted by molar-refractivity contribution is 0.595. The third-order valence-electron chi connectivity index (χ3n) is 2.87. The second kappa shape index (κ2) is 5.01. The van der Waals surface area contributed by atoms with E-state index in [9.17, 15) is 12.8 Å². The maximum Gasteiger partial charge on any atom is 0.261 e. The van der Waals surface area contributed by atoms with Crippen LogP contribution in [0.15, 0.2) is 47.4 Å². The van der Waals surface area contributed by atoms with Crippen LogP contribution in [0.2, 0.25) is 0 Å². The van der Waals surface area contributed by atoms with Crippen LogP contribution in [0, 0.1) is 19.7 Å². The zero-order valence-electron chi connectivity index (χ0n) is 10.6. The smallest absolute Gasteiger partial charge is 0.261 e. The summed E-state index contributed by atoms with van der Waals surface area (Å²) in [6.45, 7) is 3.84. The third-order valence-corrected chi connectivity index (χ3v) is 4.24. The first-order valence-electron chi connectivity index (χ1n) is 5.74. The van der Waals surface area contributed by atoms with Gasteiger partial charge in [-0.3, -0.25) is 4.72 Å². The van der Waals surface area contributed by atoms with Gasteiger partial charge in [-0.15, -0.1) is 0 Å². The normalized spacial score (nSPS) is 11.3. The Morgan fingerprint density at radius 3 is 2.37 bits per heavy atom. The largest absolute Gasteiger partial charge is 0.280 e. The Morgan fingerprint density at radius 1 is 1.00 bits per heavy atom. The summed E-state index contributed by atoms with van der Waals surface area (Å²) in [5.41, 5.74) is 2.53. The van der Waals surface area contributed by atoms with Crippen LogP contribution in [0.5, 0.6) is 0 Å². The molecule has 2 aromatic rings. The SMILES string of the molecule is Cc1ccc(NS(=O)(=O)c2cccc(F)c2)cc1C. The second-order valence-corrected chi connectivity index (χ2v) is 6.04. The fraction of sp³-hybridized carbons (Fsp3) is 0.143. The molecule has 0 saturated carbocycles. The van der Waals surface area contributed by atoms with Crippen LogP contribution in [0.3, 0.4) is 0 Å². The van der Waals surface area contributed by atoms with Crippen LogP contribution in [0.25, 0.3) is 0 Å². The van der Waals surface area contributed by atoms with Crippen molar-refractivity contribution in [2.24, 2.45) is 0 Å². The summed E-state index contributed by atoms with van der Waals surface area (Å²) >= 11 is 0. The summed E-state index contributed by atoms with van der Waals surface area (Å²) in [6, 6.07) is 10.2. The van der Waals surface area contributed by atoms with Crippen molar-refractivity contribution in [1.29, 1.82) is 0 Å². The van der Waals surface area contributed by atoms with Gasteiger partial charge in [-0.05, 0) is 55.3 Å². The van der Waals surface area contributed by atoms with E-state index in [4.69, 9.17) is 0 Å². The summed E-state index contributed by atoms with van der Waals surface area (Å²) in [5.74, 6) is -0.581. The lowest BCUT2D eigenvalue weighted by atomic mass is 10.1. The number of sulfonamides is 1. The molecular formula is C14H14FNO2S. The number of hydrogen-bond acceptors (Lipinski definition) is 2. The molecule has 0 aliphatic rings. The molecule has 0 saturated heterocycles. The van der Waals surface area contributed by atoms with Gasteiger partial charge in [-0.25, -0.2) is 12.8 Å². The first kappa shape index (κ1) is 13.5. The predicted molar refractivity (Wildman–Crippen MR) is 73.1 cm³/mol. The van der Waals surface area contributed by atoms with Crippen LogP contribution >= 0.6 is 0 Å². The van der Waals surface area contributed by atoms with E-state index < -0.39 is 15.8 Å². The molecule has 0 heterocycles. The Hall–Kier alpha value is -1.88. The van der Waals surface area contributed by atoms with Crippen molar-refractivity contribution >= 4 is 15.7 Å². The van der Waals surface area contributed by atoms with Gasteiger partial charge in [0.05, 0.1) is 4.90 Å². The molecule has 0 fully saturated rings. The van der Waals surface area contributed by atoms with Crippen molar-refractivity contribution in [3.8, 4) is 0 Å². The average Bonchev–Trinajstić information content (AvgIpc) is 2.33. The van der Waals surface area contributed by atoms with Gasteiger partial charge in [-0.2, -0.15) is 0 Å². The summed E-state index contributed by atoms with van der Waals surface area (Å²) in [7, 11) is -3.76.